The monoisotopic (exact) mass is 249 g/mol. The third-order valence-electron chi connectivity index (χ3n) is 2.53. The van der Waals surface area contributed by atoms with E-state index in [1.54, 1.807) is 6.92 Å². The van der Waals surface area contributed by atoms with Gasteiger partial charge in [0.25, 0.3) is 0 Å². The van der Waals surface area contributed by atoms with Crippen LogP contribution in [0, 0.1) is 19.7 Å². The Morgan fingerprint density at radius 1 is 1.18 bits per heavy atom. The molecule has 0 aliphatic rings. The highest BCUT2D eigenvalue weighted by atomic mass is 19.4. The lowest BCUT2D eigenvalue weighted by molar-refractivity contribution is -0.157. The quantitative estimate of drug-likeness (QED) is 0.806. The zero-order chi connectivity index (χ0) is 13.2. The Kier molecular flexibility index (Phi) is 4.14. The molecule has 0 amide bonds. The molecule has 1 N–H and O–H groups in total. The van der Waals surface area contributed by atoms with E-state index in [2.05, 4.69) is 5.32 Å². The fraction of sp³-hybridized carbons (Fsp3) is 0.500. The molecule has 0 aliphatic heterocycles. The summed E-state index contributed by atoms with van der Waals surface area (Å²) in [6.07, 6.45) is -4.38. The third kappa shape index (κ3) is 3.19. The molecule has 0 aromatic heterocycles. The van der Waals surface area contributed by atoms with Gasteiger partial charge >= 0.3 is 6.18 Å². The van der Waals surface area contributed by atoms with Crippen LogP contribution in [0.2, 0.25) is 0 Å². The number of halogens is 4. The molecule has 0 radical (unpaired) electrons. The molecule has 96 valence electrons. The van der Waals surface area contributed by atoms with Crippen LogP contribution < -0.4 is 5.32 Å². The van der Waals surface area contributed by atoms with E-state index in [9.17, 15) is 17.6 Å². The molecule has 0 saturated carbocycles. The van der Waals surface area contributed by atoms with Gasteiger partial charge in [0.2, 0.25) is 0 Å². The molecule has 0 bridgehead atoms. The number of aryl methyl sites for hydroxylation is 2. The average molecular weight is 249 g/mol. The molecule has 0 spiro atoms. The summed E-state index contributed by atoms with van der Waals surface area (Å²) in [6, 6.07) is 0.734. The molecule has 1 nitrogen and oxygen atoms in total. The fourth-order valence-electron chi connectivity index (χ4n) is 1.77. The minimum absolute atomic E-state index is 0.0516. The first-order valence-electron chi connectivity index (χ1n) is 5.34. The predicted molar refractivity (Wildman–Crippen MR) is 58.3 cm³/mol. The molecule has 0 saturated heterocycles. The van der Waals surface area contributed by atoms with Crippen molar-refractivity contribution in [1.82, 2.24) is 5.32 Å². The van der Waals surface area contributed by atoms with Crippen LogP contribution in [0.1, 0.15) is 29.7 Å². The van der Waals surface area contributed by atoms with Gasteiger partial charge in [-0.2, -0.15) is 13.2 Å². The second kappa shape index (κ2) is 5.04. The van der Waals surface area contributed by atoms with E-state index < -0.39 is 18.0 Å². The van der Waals surface area contributed by atoms with Gasteiger partial charge in [-0.25, -0.2) is 4.39 Å². The summed E-state index contributed by atoms with van der Waals surface area (Å²) >= 11 is 0. The first-order valence-corrected chi connectivity index (χ1v) is 5.34. The van der Waals surface area contributed by atoms with E-state index in [1.807, 2.05) is 0 Å². The van der Waals surface area contributed by atoms with Gasteiger partial charge in [-0.1, -0.05) is 19.1 Å². The van der Waals surface area contributed by atoms with Crippen molar-refractivity contribution in [3.05, 3.63) is 34.6 Å². The molecule has 1 rings (SSSR count). The van der Waals surface area contributed by atoms with Crippen LogP contribution >= 0.6 is 0 Å². The number of alkyl halides is 3. The molecular formula is C12H15F4N. The lowest BCUT2D eigenvalue weighted by Gasteiger charge is -2.22. The number of hydrogen-bond donors (Lipinski definition) is 1. The molecule has 1 aromatic rings. The zero-order valence-electron chi connectivity index (χ0n) is 9.95. The van der Waals surface area contributed by atoms with Crippen LogP contribution in [-0.4, -0.2) is 12.7 Å². The van der Waals surface area contributed by atoms with E-state index in [1.165, 1.54) is 26.0 Å². The Balaban J connectivity index is 3.20. The highest BCUT2D eigenvalue weighted by molar-refractivity contribution is 5.33. The van der Waals surface area contributed by atoms with Crippen molar-refractivity contribution in [3.8, 4) is 0 Å². The minimum Gasteiger partial charge on any atom is -0.303 e. The number of nitrogens with one attached hydrogen (secondary N) is 1. The summed E-state index contributed by atoms with van der Waals surface area (Å²) in [4.78, 5) is 0. The van der Waals surface area contributed by atoms with Gasteiger partial charge in [0.1, 0.15) is 11.9 Å². The maximum absolute atomic E-state index is 13.4. The van der Waals surface area contributed by atoms with Gasteiger partial charge in [0.15, 0.2) is 0 Å². The zero-order valence-corrected chi connectivity index (χ0v) is 9.95. The van der Waals surface area contributed by atoms with Crippen molar-refractivity contribution < 1.29 is 17.6 Å². The molecule has 0 aliphatic carbocycles. The summed E-state index contributed by atoms with van der Waals surface area (Å²) < 4.78 is 51.8. The molecule has 0 heterocycles. The second-order valence-corrected chi connectivity index (χ2v) is 4.00. The van der Waals surface area contributed by atoms with Gasteiger partial charge in [-0.05, 0) is 37.1 Å². The minimum atomic E-state index is -4.38. The van der Waals surface area contributed by atoms with Gasteiger partial charge in [0, 0.05) is 0 Å². The highest BCUT2D eigenvalue weighted by Crippen LogP contribution is 2.33. The van der Waals surface area contributed by atoms with Crippen LogP contribution in [0.25, 0.3) is 0 Å². The van der Waals surface area contributed by atoms with Crippen molar-refractivity contribution in [2.45, 2.75) is 33.0 Å². The molecule has 1 aromatic carbocycles. The molecule has 1 atom stereocenters. The molecule has 17 heavy (non-hydrogen) atoms. The van der Waals surface area contributed by atoms with E-state index in [-0.39, 0.29) is 23.2 Å². The molecule has 1 unspecified atom stereocenters. The van der Waals surface area contributed by atoms with Gasteiger partial charge < -0.3 is 5.32 Å². The first-order chi connectivity index (χ1) is 7.77. The topological polar surface area (TPSA) is 12.0 Å². The smallest absolute Gasteiger partial charge is 0.303 e. The highest BCUT2D eigenvalue weighted by Gasteiger charge is 2.40. The van der Waals surface area contributed by atoms with Crippen molar-refractivity contribution in [1.29, 1.82) is 0 Å². The van der Waals surface area contributed by atoms with E-state index in [0.717, 1.165) is 0 Å². The summed E-state index contributed by atoms with van der Waals surface area (Å²) in [5.41, 5.74) is 0.509. The lowest BCUT2D eigenvalue weighted by atomic mass is 10.0. The van der Waals surface area contributed by atoms with Crippen LogP contribution in [0.15, 0.2) is 12.1 Å². The predicted octanol–water partition coefficient (Wildman–Crippen LogP) is 3.66. The third-order valence-corrected chi connectivity index (χ3v) is 2.53. The lowest BCUT2D eigenvalue weighted by Crippen LogP contribution is -2.34. The average Bonchev–Trinajstić information content (AvgIpc) is 2.20. The normalized spacial score (nSPS) is 13.8. The van der Waals surface area contributed by atoms with Crippen molar-refractivity contribution >= 4 is 0 Å². The van der Waals surface area contributed by atoms with E-state index >= 15 is 0 Å². The molecule has 0 fully saturated rings. The van der Waals surface area contributed by atoms with Gasteiger partial charge in [0.05, 0.1) is 0 Å². The van der Waals surface area contributed by atoms with Crippen molar-refractivity contribution in [2.24, 2.45) is 0 Å². The fourth-order valence-corrected chi connectivity index (χ4v) is 1.77. The van der Waals surface area contributed by atoms with Crippen LogP contribution in [0.4, 0.5) is 17.6 Å². The summed E-state index contributed by atoms with van der Waals surface area (Å²) in [5.74, 6) is -0.453. The van der Waals surface area contributed by atoms with Crippen LogP contribution in [0.5, 0.6) is 0 Å². The molecule has 5 heteroatoms. The first kappa shape index (κ1) is 14.0. The Morgan fingerprint density at radius 2 is 1.65 bits per heavy atom. The number of hydrogen-bond acceptors (Lipinski definition) is 1. The summed E-state index contributed by atoms with van der Waals surface area (Å²) in [7, 11) is 0. The number of benzene rings is 1. The SMILES string of the molecule is CCNC(c1cc(C)c(F)c(C)c1)C(F)(F)F. The summed E-state index contributed by atoms with van der Waals surface area (Å²) in [6.45, 7) is 4.72. The van der Waals surface area contributed by atoms with Crippen LogP contribution in [-0.2, 0) is 0 Å². The molecular weight excluding hydrogens is 234 g/mol. The maximum atomic E-state index is 13.4. The Morgan fingerprint density at radius 3 is 2.00 bits per heavy atom. The van der Waals surface area contributed by atoms with E-state index in [4.69, 9.17) is 0 Å². The van der Waals surface area contributed by atoms with Crippen LogP contribution in [0.3, 0.4) is 0 Å². The number of rotatable bonds is 3. The van der Waals surface area contributed by atoms with Crippen molar-refractivity contribution in [3.63, 3.8) is 0 Å². The maximum Gasteiger partial charge on any atom is 0.407 e. The Bertz CT molecular complexity index is 375. The van der Waals surface area contributed by atoms with Gasteiger partial charge in [-0.3, -0.25) is 0 Å². The largest absolute Gasteiger partial charge is 0.407 e. The van der Waals surface area contributed by atoms with Gasteiger partial charge in [-0.15, -0.1) is 0 Å². The second-order valence-electron chi connectivity index (χ2n) is 4.00. The standard InChI is InChI=1S/C12H15F4N/c1-4-17-11(12(14,15)16)9-5-7(2)10(13)8(3)6-9/h5-6,11,17H,4H2,1-3H3. The Hall–Kier alpha value is -1.10. The van der Waals surface area contributed by atoms with E-state index in [0.29, 0.717) is 0 Å². The summed E-state index contributed by atoms with van der Waals surface area (Å²) in [5, 5.41) is 2.37. The Labute approximate surface area is 97.8 Å². The van der Waals surface area contributed by atoms with Crippen molar-refractivity contribution in [2.75, 3.05) is 6.54 Å².